The van der Waals surface area contributed by atoms with Crippen molar-refractivity contribution in [2.24, 2.45) is 0 Å². The molecule has 0 bridgehead atoms. The van der Waals surface area contributed by atoms with Crippen LogP contribution in [0.25, 0.3) is 0 Å². The van der Waals surface area contributed by atoms with Gasteiger partial charge in [-0.15, -0.1) is 0 Å². The van der Waals surface area contributed by atoms with Gasteiger partial charge < -0.3 is 4.74 Å². The number of thiophene rings is 1. The summed E-state index contributed by atoms with van der Waals surface area (Å²) in [4.78, 5) is 12.1. The molecule has 17 heavy (non-hydrogen) atoms. The summed E-state index contributed by atoms with van der Waals surface area (Å²) in [6.07, 6.45) is 0. The van der Waals surface area contributed by atoms with Gasteiger partial charge in [-0.3, -0.25) is 4.79 Å². The van der Waals surface area contributed by atoms with Crippen LogP contribution in [0.4, 0.5) is 0 Å². The average molecular weight is 287 g/mol. The van der Waals surface area contributed by atoms with Gasteiger partial charge in [0, 0.05) is 22.6 Å². The third kappa shape index (κ3) is 2.46. The van der Waals surface area contributed by atoms with Crippen molar-refractivity contribution in [1.29, 1.82) is 0 Å². The van der Waals surface area contributed by atoms with Crippen LogP contribution < -0.4 is 4.74 Å². The summed E-state index contributed by atoms with van der Waals surface area (Å²) < 4.78 is 5.03. The largest absolute Gasteiger partial charge is 0.495 e. The predicted octanol–water partition coefficient (Wildman–Crippen LogP) is 4.29. The monoisotopic (exact) mass is 286 g/mol. The minimum Gasteiger partial charge on any atom is -0.495 e. The Balaban J connectivity index is 2.46. The summed E-state index contributed by atoms with van der Waals surface area (Å²) in [5.41, 5.74) is 0.994. The van der Waals surface area contributed by atoms with E-state index >= 15 is 0 Å². The molecule has 1 aromatic carbocycles. The van der Waals surface area contributed by atoms with Crippen LogP contribution in [0.1, 0.15) is 15.9 Å². The molecule has 0 aliphatic carbocycles. The van der Waals surface area contributed by atoms with E-state index in [9.17, 15) is 4.79 Å². The maximum absolute atomic E-state index is 12.1. The molecule has 0 unspecified atom stereocenters. The summed E-state index contributed by atoms with van der Waals surface area (Å²) in [6, 6.07) is 4.83. The summed E-state index contributed by atoms with van der Waals surface area (Å²) in [7, 11) is 1.50. The van der Waals surface area contributed by atoms with E-state index in [-0.39, 0.29) is 5.78 Å². The number of halogens is 2. The van der Waals surface area contributed by atoms with E-state index in [0.717, 1.165) is 0 Å². The van der Waals surface area contributed by atoms with Gasteiger partial charge in [0.1, 0.15) is 5.75 Å². The van der Waals surface area contributed by atoms with Crippen LogP contribution in [0, 0.1) is 0 Å². The molecule has 0 radical (unpaired) electrons. The lowest BCUT2D eigenvalue weighted by Gasteiger charge is -2.07. The third-order valence-corrected chi connectivity index (χ3v) is 3.56. The minimum atomic E-state index is -0.138. The Morgan fingerprint density at radius 2 is 2.06 bits per heavy atom. The highest BCUT2D eigenvalue weighted by Crippen LogP contribution is 2.32. The van der Waals surface area contributed by atoms with Crippen LogP contribution in [0.2, 0.25) is 10.0 Å². The molecule has 0 fully saturated rings. The number of ketones is 1. The highest BCUT2D eigenvalue weighted by Gasteiger charge is 2.16. The molecule has 2 rings (SSSR count). The molecule has 1 heterocycles. The average Bonchev–Trinajstić information content (AvgIpc) is 2.84. The van der Waals surface area contributed by atoms with Crippen molar-refractivity contribution in [1.82, 2.24) is 0 Å². The van der Waals surface area contributed by atoms with E-state index in [4.69, 9.17) is 27.9 Å². The van der Waals surface area contributed by atoms with Crippen molar-refractivity contribution in [3.63, 3.8) is 0 Å². The lowest BCUT2D eigenvalue weighted by Crippen LogP contribution is -2.01. The fraction of sp³-hybridized carbons (Fsp3) is 0.0833. The first-order chi connectivity index (χ1) is 8.13. The molecule has 0 saturated heterocycles. The zero-order chi connectivity index (χ0) is 12.4. The third-order valence-electron chi connectivity index (χ3n) is 2.27. The van der Waals surface area contributed by atoms with E-state index in [1.54, 1.807) is 17.5 Å². The van der Waals surface area contributed by atoms with Crippen molar-refractivity contribution in [3.8, 4) is 5.75 Å². The van der Waals surface area contributed by atoms with Crippen molar-refractivity contribution < 1.29 is 9.53 Å². The predicted molar refractivity (Wildman–Crippen MR) is 70.8 cm³/mol. The summed E-state index contributed by atoms with van der Waals surface area (Å²) in [5, 5.41) is 4.32. The lowest BCUT2D eigenvalue weighted by atomic mass is 10.1. The van der Waals surface area contributed by atoms with Gasteiger partial charge in [-0.05, 0) is 17.5 Å². The van der Waals surface area contributed by atoms with Crippen molar-refractivity contribution >= 4 is 40.3 Å². The summed E-state index contributed by atoms with van der Waals surface area (Å²) >= 11 is 13.5. The van der Waals surface area contributed by atoms with E-state index in [1.807, 2.05) is 5.38 Å². The van der Waals surface area contributed by atoms with Gasteiger partial charge in [-0.1, -0.05) is 23.2 Å². The Labute approximate surface area is 113 Å². The first kappa shape index (κ1) is 12.4. The maximum atomic E-state index is 12.1. The molecule has 0 atom stereocenters. The molecule has 2 nitrogen and oxygen atoms in total. The van der Waals surface area contributed by atoms with Crippen LogP contribution in [-0.4, -0.2) is 12.9 Å². The standard InChI is InChI=1S/C12H8Cl2O2S/c1-16-11-5-9(13)8(4-10(11)14)12(15)7-2-3-17-6-7/h2-6H,1H3. The van der Waals surface area contributed by atoms with E-state index in [1.165, 1.54) is 24.5 Å². The van der Waals surface area contributed by atoms with Gasteiger partial charge in [-0.2, -0.15) is 11.3 Å². The smallest absolute Gasteiger partial charge is 0.195 e. The number of methoxy groups -OCH3 is 1. The molecule has 2 aromatic rings. The Bertz CT molecular complexity index is 550. The van der Waals surface area contributed by atoms with Gasteiger partial charge in [0.2, 0.25) is 0 Å². The molecule has 0 spiro atoms. The highest BCUT2D eigenvalue weighted by atomic mass is 35.5. The van der Waals surface area contributed by atoms with Crippen LogP contribution in [0.3, 0.4) is 0 Å². The second-order valence-electron chi connectivity index (χ2n) is 3.31. The van der Waals surface area contributed by atoms with E-state index in [0.29, 0.717) is 26.9 Å². The van der Waals surface area contributed by atoms with Gasteiger partial charge in [0.15, 0.2) is 5.78 Å². The molecule has 0 saturated carbocycles. The summed E-state index contributed by atoms with van der Waals surface area (Å²) in [5.74, 6) is 0.319. The fourth-order valence-corrected chi connectivity index (χ4v) is 2.52. The van der Waals surface area contributed by atoms with Crippen molar-refractivity contribution in [2.75, 3.05) is 7.11 Å². The van der Waals surface area contributed by atoms with Crippen LogP contribution >= 0.6 is 34.5 Å². The number of rotatable bonds is 3. The van der Waals surface area contributed by atoms with Crippen LogP contribution in [0.15, 0.2) is 29.0 Å². The van der Waals surface area contributed by atoms with Crippen molar-refractivity contribution in [2.45, 2.75) is 0 Å². The second-order valence-corrected chi connectivity index (χ2v) is 4.90. The number of benzene rings is 1. The number of hydrogen-bond donors (Lipinski definition) is 0. The Kier molecular flexibility index (Phi) is 3.72. The molecule has 0 amide bonds. The molecule has 0 aliphatic rings. The molecule has 88 valence electrons. The second kappa shape index (κ2) is 5.08. The zero-order valence-electron chi connectivity index (χ0n) is 8.87. The minimum absolute atomic E-state index is 0.138. The summed E-state index contributed by atoms with van der Waals surface area (Å²) in [6.45, 7) is 0. The molecular formula is C12H8Cl2O2S. The quantitative estimate of drug-likeness (QED) is 0.787. The number of carbonyl (C=O) groups excluding carboxylic acids is 1. The van der Waals surface area contributed by atoms with E-state index in [2.05, 4.69) is 0 Å². The van der Waals surface area contributed by atoms with Gasteiger partial charge in [0.05, 0.1) is 17.2 Å². The fourth-order valence-electron chi connectivity index (χ4n) is 1.41. The van der Waals surface area contributed by atoms with Crippen molar-refractivity contribution in [3.05, 3.63) is 50.1 Å². The first-order valence-electron chi connectivity index (χ1n) is 4.73. The van der Waals surface area contributed by atoms with Gasteiger partial charge in [-0.25, -0.2) is 0 Å². The maximum Gasteiger partial charge on any atom is 0.195 e. The highest BCUT2D eigenvalue weighted by molar-refractivity contribution is 7.08. The zero-order valence-corrected chi connectivity index (χ0v) is 11.2. The number of hydrogen-bond acceptors (Lipinski definition) is 3. The number of carbonyl (C=O) groups is 1. The normalized spacial score (nSPS) is 10.3. The Hall–Kier alpha value is -1.03. The molecule has 0 aliphatic heterocycles. The molecule has 5 heteroatoms. The molecule has 0 N–H and O–H groups in total. The van der Waals surface area contributed by atoms with Crippen LogP contribution in [-0.2, 0) is 0 Å². The molecular weight excluding hydrogens is 279 g/mol. The SMILES string of the molecule is COc1cc(Cl)c(C(=O)c2ccsc2)cc1Cl. The van der Waals surface area contributed by atoms with Crippen LogP contribution in [0.5, 0.6) is 5.75 Å². The lowest BCUT2D eigenvalue weighted by molar-refractivity contribution is 0.103. The van der Waals surface area contributed by atoms with Gasteiger partial charge in [0.25, 0.3) is 0 Å². The topological polar surface area (TPSA) is 26.3 Å². The van der Waals surface area contributed by atoms with Gasteiger partial charge >= 0.3 is 0 Å². The molecule has 1 aromatic heterocycles. The Morgan fingerprint density at radius 1 is 1.29 bits per heavy atom. The first-order valence-corrected chi connectivity index (χ1v) is 6.43. The van der Waals surface area contributed by atoms with E-state index < -0.39 is 0 Å². The number of ether oxygens (including phenoxy) is 1. The Morgan fingerprint density at radius 3 is 2.65 bits per heavy atom.